The SMILES string of the molecule is OC1CN(c2nc([C@@H]3CCOC3)cc(N3CC(c4ccccn4)C3)n2)C1. The van der Waals surface area contributed by atoms with Gasteiger partial charge in [0.25, 0.3) is 0 Å². The number of hydrogen-bond donors (Lipinski definition) is 1. The molecule has 1 N–H and O–H groups in total. The van der Waals surface area contributed by atoms with Crippen LogP contribution in [-0.4, -0.2) is 65.6 Å². The van der Waals surface area contributed by atoms with Crippen LogP contribution < -0.4 is 9.80 Å². The second-order valence-electron chi connectivity index (χ2n) is 7.43. The molecule has 0 spiro atoms. The zero-order chi connectivity index (χ0) is 17.5. The van der Waals surface area contributed by atoms with Crippen molar-refractivity contribution in [1.29, 1.82) is 0 Å². The maximum atomic E-state index is 9.62. The third-order valence-corrected chi connectivity index (χ3v) is 5.53. The maximum Gasteiger partial charge on any atom is 0.227 e. The lowest BCUT2D eigenvalue weighted by atomic mass is 9.95. The molecular formula is C19H23N5O2. The first-order chi connectivity index (χ1) is 12.8. The molecule has 0 saturated carbocycles. The van der Waals surface area contributed by atoms with Gasteiger partial charge in [-0.3, -0.25) is 4.98 Å². The first kappa shape index (κ1) is 16.0. The molecule has 7 heteroatoms. The van der Waals surface area contributed by atoms with Gasteiger partial charge in [0.1, 0.15) is 5.82 Å². The Kier molecular flexibility index (Phi) is 3.98. The van der Waals surface area contributed by atoms with Crippen LogP contribution in [0.3, 0.4) is 0 Å². The van der Waals surface area contributed by atoms with Gasteiger partial charge < -0.3 is 19.6 Å². The van der Waals surface area contributed by atoms with E-state index in [1.807, 2.05) is 23.2 Å². The zero-order valence-corrected chi connectivity index (χ0v) is 14.7. The van der Waals surface area contributed by atoms with Crippen molar-refractivity contribution in [2.24, 2.45) is 0 Å². The number of aromatic nitrogens is 3. The van der Waals surface area contributed by atoms with Gasteiger partial charge in [0.05, 0.1) is 18.4 Å². The van der Waals surface area contributed by atoms with Crippen LogP contribution in [0.1, 0.15) is 29.6 Å². The first-order valence-corrected chi connectivity index (χ1v) is 9.32. The van der Waals surface area contributed by atoms with Gasteiger partial charge in [-0.2, -0.15) is 4.98 Å². The van der Waals surface area contributed by atoms with Gasteiger partial charge in [0.15, 0.2) is 0 Å². The molecule has 3 saturated heterocycles. The van der Waals surface area contributed by atoms with E-state index in [1.165, 1.54) is 0 Å². The predicted molar refractivity (Wildman–Crippen MR) is 97.6 cm³/mol. The summed E-state index contributed by atoms with van der Waals surface area (Å²) in [6, 6.07) is 8.21. The Morgan fingerprint density at radius 1 is 1.00 bits per heavy atom. The summed E-state index contributed by atoms with van der Waals surface area (Å²) < 4.78 is 5.55. The van der Waals surface area contributed by atoms with Crippen molar-refractivity contribution in [2.45, 2.75) is 24.4 Å². The van der Waals surface area contributed by atoms with Crippen LogP contribution in [0.4, 0.5) is 11.8 Å². The highest BCUT2D eigenvalue weighted by Crippen LogP contribution is 2.34. The number of hydrogen-bond acceptors (Lipinski definition) is 7. The summed E-state index contributed by atoms with van der Waals surface area (Å²) in [5, 5.41) is 9.62. The quantitative estimate of drug-likeness (QED) is 0.884. The monoisotopic (exact) mass is 353 g/mol. The van der Waals surface area contributed by atoms with Gasteiger partial charge in [0.2, 0.25) is 5.95 Å². The van der Waals surface area contributed by atoms with Crippen molar-refractivity contribution in [3.63, 3.8) is 0 Å². The Hall–Kier alpha value is -2.25. The van der Waals surface area contributed by atoms with Gasteiger partial charge in [0, 0.05) is 62.6 Å². The fraction of sp³-hybridized carbons (Fsp3) is 0.526. The number of aliphatic hydroxyl groups excluding tert-OH is 1. The highest BCUT2D eigenvalue weighted by Gasteiger charge is 2.33. The molecular weight excluding hydrogens is 330 g/mol. The average Bonchev–Trinajstić information content (AvgIpc) is 3.13. The van der Waals surface area contributed by atoms with E-state index in [0.717, 1.165) is 55.9 Å². The number of rotatable bonds is 4. The zero-order valence-electron chi connectivity index (χ0n) is 14.7. The molecule has 0 aromatic carbocycles. The first-order valence-electron chi connectivity index (χ1n) is 9.32. The highest BCUT2D eigenvalue weighted by molar-refractivity contribution is 5.51. The van der Waals surface area contributed by atoms with Gasteiger partial charge in [-0.25, -0.2) is 4.98 Å². The summed E-state index contributed by atoms with van der Waals surface area (Å²) in [4.78, 5) is 18.4. The fourth-order valence-electron chi connectivity index (χ4n) is 3.81. The molecule has 7 nitrogen and oxygen atoms in total. The molecule has 3 aliphatic heterocycles. The number of anilines is 2. The van der Waals surface area contributed by atoms with E-state index in [9.17, 15) is 5.11 Å². The molecule has 0 unspecified atom stereocenters. The van der Waals surface area contributed by atoms with Crippen molar-refractivity contribution in [3.8, 4) is 0 Å². The molecule has 0 aliphatic carbocycles. The minimum Gasteiger partial charge on any atom is -0.389 e. The normalized spacial score (nSPS) is 23.8. The second-order valence-corrected chi connectivity index (χ2v) is 7.43. The molecule has 26 heavy (non-hydrogen) atoms. The van der Waals surface area contributed by atoms with Crippen LogP contribution in [-0.2, 0) is 4.74 Å². The summed E-state index contributed by atoms with van der Waals surface area (Å²) in [5.41, 5.74) is 2.21. The number of aliphatic hydroxyl groups is 1. The molecule has 136 valence electrons. The van der Waals surface area contributed by atoms with Gasteiger partial charge >= 0.3 is 0 Å². The predicted octanol–water partition coefficient (Wildman–Crippen LogP) is 1.16. The average molecular weight is 353 g/mol. The Labute approximate surface area is 152 Å². The number of nitrogens with zero attached hydrogens (tertiary/aromatic N) is 5. The van der Waals surface area contributed by atoms with Crippen molar-refractivity contribution >= 4 is 11.8 Å². The topological polar surface area (TPSA) is 74.6 Å². The minimum absolute atomic E-state index is 0.266. The van der Waals surface area contributed by atoms with Crippen LogP contribution in [0.15, 0.2) is 30.5 Å². The van der Waals surface area contributed by atoms with Gasteiger partial charge in [-0.15, -0.1) is 0 Å². The summed E-state index contributed by atoms with van der Waals surface area (Å²) in [6.45, 7) is 4.61. The molecule has 0 bridgehead atoms. The van der Waals surface area contributed by atoms with E-state index in [4.69, 9.17) is 14.7 Å². The Morgan fingerprint density at radius 3 is 2.58 bits per heavy atom. The second kappa shape index (κ2) is 6.48. The molecule has 0 amide bonds. The molecule has 2 aromatic heterocycles. The van der Waals surface area contributed by atoms with Gasteiger partial charge in [-0.05, 0) is 18.6 Å². The van der Waals surface area contributed by atoms with E-state index < -0.39 is 0 Å². The molecule has 3 fully saturated rings. The van der Waals surface area contributed by atoms with E-state index in [2.05, 4.69) is 22.0 Å². The molecule has 2 aromatic rings. The third-order valence-electron chi connectivity index (χ3n) is 5.53. The van der Waals surface area contributed by atoms with Gasteiger partial charge in [-0.1, -0.05) is 6.07 Å². The Bertz CT molecular complexity index is 769. The molecule has 1 atom stereocenters. The number of β-amino-alcohol motifs (C(OH)–C–C–N with tert-alkyl or cyclic N) is 1. The summed E-state index contributed by atoms with van der Waals surface area (Å²) >= 11 is 0. The summed E-state index contributed by atoms with van der Waals surface area (Å²) in [6.07, 6.45) is 2.60. The van der Waals surface area contributed by atoms with Crippen LogP contribution in [0.5, 0.6) is 0 Å². The van der Waals surface area contributed by atoms with E-state index >= 15 is 0 Å². The van der Waals surface area contributed by atoms with Crippen LogP contribution in [0, 0.1) is 0 Å². The Balaban J connectivity index is 1.37. The highest BCUT2D eigenvalue weighted by atomic mass is 16.5. The lowest BCUT2D eigenvalue weighted by Gasteiger charge is -2.41. The van der Waals surface area contributed by atoms with E-state index in [1.54, 1.807) is 0 Å². The van der Waals surface area contributed by atoms with Crippen LogP contribution in [0.2, 0.25) is 0 Å². The standard InChI is InChI=1S/C19H23N5O2/c25-15-10-24(11-15)19-21-17(13-4-6-26-12-13)7-18(22-19)23-8-14(9-23)16-3-1-2-5-20-16/h1-3,5,7,13-15,25H,4,6,8-12H2/t13-/m1/s1. The lowest BCUT2D eigenvalue weighted by Crippen LogP contribution is -2.52. The van der Waals surface area contributed by atoms with E-state index in [-0.39, 0.29) is 6.10 Å². The molecule has 5 heterocycles. The fourth-order valence-corrected chi connectivity index (χ4v) is 3.81. The maximum absolute atomic E-state index is 9.62. The largest absolute Gasteiger partial charge is 0.389 e. The van der Waals surface area contributed by atoms with Crippen molar-refractivity contribution in [1.82, 2.24) is 15.0 Å². The lowest BCUT2D eigenvalue weighted by molar-refractivity contribution is 0.140. The molecule has 5 rings (SSSR count). The summed E-state index contributed by atoms with van der Waals surface area (Å²) in [5.74, 6) is 2.51. The number of ether oxygens (including phenoxy) is 1. The Morgan fingerprint density at radius 2 is 1.88 bits per heavy atom. The molecule has 0 radical (unpaired) electrons. The van der Waals surface area contributed by atoms with Crippen molar-refractivity contribution < 1.29 is 9.84 Å². The van der Waals surface area contributed by atoms with Crippen molar-refractivity contribution in [2.75, 3.05) is 49.2 Å². The van der Waals surface area contributed by atoms with Crippen molar-refractivity contribution in [3.05, 3.63) is 41.9 Å². The van der Waals surface area contributed by atoms with Crippen LogP contribution in [0.25, 0.3) is 0 Å². The smallest absolute Gasteiger partial charge is 0.227 e. The summed E-state index contributed by atoms with van der Waals surface area (Å²) in [7, 11) is 0. The van der Waals surface area contributed by atoms with E-state index in [0.29, 0.717) is 24.9 Å². The number of pyridine rings is 1. The third kappa shape index (κ3) is 2.91. The minimum atomic E-state index is -0.266. The molecule has 3 aliphatic rings. The van der Waals surface area contributed by atoms with Crippen LogP contribution >= 0.6 is 0 Å².